The van der Waals surface area contributed by atoms with Crippen molar-refractivity contribution in [3.8, 4) is 0 Å². The lowest BCUT2D eigenvalue weighted by Crippen LogP contribution is -2.43. The zero-order valence-corrected chi connectivity index (χ0v) is 13.5. The van der Waals surface area contributed by atoms with Crippen LogP contribution in [0.4, 0.5) is 10.5 Å². The highest BCUT2D eigenvalue weighted by Crippen LogP contribution is 2.33. The minimum atomic E-state index is -3.84. The zero-order chi connectivity index (χ0) is 16.0. The van der Waals surface area contributed by atoms with Gasteiger partial charge in [0.15, 0.2) is 0 Å². The molecule has 3 aromatic rings. The molecular formula is C16H12N2O3S2. The van der Waals surface area contributed by atoms with E-state index in [-0.39, 0.29) is 11.4 Å². The maximum Gasteiger partial charge on any atom is 0.336 e. The molecule has 0 saturated heterocycles. The quantitative estimate of drug-likeness (QED) is 0.772. The van der Waals surface area contributed by atoms with Crippen molar-refractivity contribution in [2.45, 2.75) is 11.4 Å². The summed E-state index contributed by atoms with van der Waals surface area (Å²) < 4.78 is 27.4. The van der Waals surface area contributed by atoms with E-state index < -0.39 is 16.1 Å². The number of hydrogen-bond acceptors (Lipinski definition) is 4. The van der Waals surface area contributed by atoms with Crippen LogP contribution in [0.15, 0.2) is 59.5 Å². The van der Waals surface area contributed by atoms with Gasteiger partial charge in [-0.25, -0.2) is 17.5 Å². The molecule has 0 saturated carbocycles. The zero-order valence-electron chi connectivity index (χ0n) is 11.9. The third-order valence-electron chi connectivity index (χ3n) is 3.70. The summed E-state index contributed by atoms with van der Waals surface area (Å²) in [5.41, 5.74) is 0.324. The van der Waals surface area contributed by atoms with Gasteiger partial charge < -0.3 is 5.32 Å². The van der Waals surface area contributed by atoms with E-state index in [0.29, 0.717) is 5.69 Å². The van der Waals surface area contributed by atoms with E-state index in [9.17, 15) is 13.2 Å². The SMILES string of the molecule is O=C1Nc2ccccc2S(=O)(=O)N1Cc1cc2ccccc2s1. The van der Waals surface area contributed by atoms with Crippen LogP contribution in [-0.4, -0.2) is 18.8 Å². The molecule has 0 bridgehead atoms. The standard InChI is InChI=1S/C16H12N2O3S2/c19-16-17-13-6-2-4-8-15(13)23(20,21)18(16)10-12-9-11-5-1-3-7-14(11)22-12/h1-9H,10H2,(H,17,19). The second-order valence-corrected chi connectivity index (χ2v) is 8.19. The number of nitrogens with zero attached hydrogens (tertiary/aromatic N) is 1. The molecule has 1 aliphatic rings. The predicted molar refractivity (Wildman–Crippen MR) is 90.0 cm³/mol. The van der Waals surface area contributed by atoms with Gasteiger partial charge in [0.1, 0.15) is 4.90 Å². The van der Waals surface area contributed by atoms with Gasteiger partial charge in [-0.1, -0.05) is 30.3 Å². The molecule has 116 valence electrons. The minimum absolute atomic E-state index is 0.0296. The Morgan fingerprint density at radius 2 is 1.78 bits per heavy atom. The Hall–Kier alpha value is -2.38. The van der Waals surface area contributed by atoms with E-state index in [1.807, 2.05) is 30.3 Å². The fraction of sp³-hybridized carbons (Fsp3) is 0.0625. The van der Waals surface area contributed by atoms with E-state index in [1.165, 1.54) is 17.4 Å². The van der Waals surface area contributed by atoms with Gasteiger partial charge in [-0.3, -0.25) is 0 Å². The lowest BCUT2D eigenvalue weighted by Gasteiger charge is -2.28. The number of anilines is 1. The summed E-state index contributed by atoms with van der Waals surface area (Å²) in [6.45, 7) is 0.0296. The van der Waals surface area contributed by atoms with Crippen molar-refractivity contribution in [3.05, 3.63) is 59.5 Å². The normalized spacial score (nSPS) is 16.2. The van der Waals surface area contributed by atoms with Gasteiger partial charge in [0.25, 0.3) is 10.0 Å². The smallest absolute Gasteiger partial charge is 0.306 e. The Balaban J connectivity index is 1.75. The number of carbonyl (C=O) groups excluding carboxylic acids is 1. The van der Waals surface area contributed by atoms with Gasteiger partial charge in [0.05, 0.1) is 12.2 Å². The van der Waals surface area contributed by atoms with Crippen LogP contribution in [0.5, 0.6) is 0 Å². The van der Waals surface area contributed by atoms with Gasteiger partial charge in [-0.05, 0) is 29.7 Å². The van der Waals surface area contributed by atoms with Crippen molar-refractivity contribution >= 4 is 43.2 Å². The first kappa shape index (κ1) is 14.2. The molecule has 0 aliphatic carbocycles. The van der Waals surface area contributed by atoms with Gasteiger partial charge >= 0.3 is 6.03 Å². The van der Waals surface area contributed by atoms with Crippen LogP contribution >= 0.6 is 11.3 Å². The van der Waals surface area contributed by atoms with Crippen LogP contribution in [0.1, 0.15) is 4.88 Å². The number of urea groups is 1. The number of para-hydroxylation sites is 1. The van der Waals surface area contributed by atoms with E-state index in [1.54, 1.807) is 18.2 Å². The second-order valence-electron chi connectivity index (χ2n) is 5.19. The highest BCUT2D eigenvalue weighted by atomic mass is 32.2. The summed E-state index contributed by atoms with van der Waals surface area (Å²) in [6.07, 6.45) is 0. The Bertz CT molecular complexity index is 991. The Labute approximate surface area is 137 Å². The fourth-order valence-electron chi connectivity index (χ4n) is 2.61. The van der Waals surface area contributed by atoms with Gasteiger partial charge in [-0.2, -0.15) is 0 Å². The van der Waals surface area contributed by atoms with E-state index in [4.69, 9.17) is 0 Å². The summed E-state index contributed by atoms with van der Waals surface area (Å²) in [7, 11) is -3.84. The number of amides is 2. The monoisotopic (exact) mass is 344 g/mol. The number of thiophene rings is 1. The topological polar surface area (TPSA) is 66.5 Å². The van der Waals surface area contributed by atoms with Crippen LogP contribution in [0.25, 0.3) is 10.1 Å². The third-order valence-corrected chi connectivity index (χ3v) is 6.59. The van der Waals surface area contributed by atoms with Crippen LogP contribution < -0.4 is 5.32 Å². The molecular weight excluding hydrogens is 332 g/mol. The van der Waals surface area contributed by atoms with Gasteiger partial charge in [0, 0.05) is 9.58 Å². The first-order valence-corrected chi connectivity index (χ1v) is 9.21. The summed E-state index contributed by atoms with van der Waals surface area (Å²) in [5, 5.41) is 3.68. The van der Waals surface area contributed by atoms with E-state index in [0.717, 1.165) is 19.3 Å². The Morgan fingerprint density at radius 1 is 1.04 bits per heavy atom. The molecule has 2 amide bonds. The van der Waals surface area contributed by atoms with Gasteiger partial charge in [0.2, 0.25) is 0 Å². The summed E-state index contributed by atoms with van der Waals surface area (Å²) in [5.74, 6) is 0. The number of fused-ring (bicyclic) bond motifs is 2. The minimum Gasteiger partial charge on any atom is -0.306 e. The molecule has 1 aliphatic heterocycles. The molecule has 0 unspecified atom stereocenters. The molecule has 1 N–H and O–H groups in total. The average molecular weight is 344 g/mol. The fourth-order valence-corrected chi connectivity index (χ4v) is 5.21. The summed E-state index contributed by atoms with van der Waals surface area (Å²) in [4.78, 5) is 13.2. The van der Waals surface area contributed by atoms with Crippen LogP contribution in [0.3, 0.4) is 0 Å². The molecule has 5 nitrogen and oxygen atoms in total. The van der Waals surface area contributed by atoms with Crippen molar-refractivity contribution in [2.24, 2.45) is 0 Å². The molecule has 7 heteroatoms. The van der Waals surface area contributed by atoms with E-state index in [2.05, 4.69) is 5.32 Å². The first-order valence-electron chi connectivity index (χ1n) is 6.96. The third kappa shape index (κ3) is 2.29. The number of sulfonamides is 1. The van der Waals surface area contributed by atoms with Crippen molar-refractivity contribution in [1.29, 1.82) is 0 Å². The molecule has 2 aromatic carbocycles. The van der Waals surface area contributed by atoms with Crippen molar-refractivity contribution in [1.82, 2.24) is 4.31 Å². The molecule has 23 heavy (non-hydrogen) atoms. The molecule has 0 spiro atoms. The van der Waals surface area contributed by atoms with Crippen molar-refractivity contribution in [3.63, 3.8) is 0 Å². The lowest BCUT2D eigenvalue weighted by molar-refractivity contribution is 0.234. The molecule has 4 rings (SSSR count). The molecule has 0 atom stereocenters. The molecule has 2 heterocycles. The Kier molecular flexibility index (Phi) is 3.14. The number of carbonyl (C=O) groups is 1. The maximum absolute atomic E-state index is 12.7. The second kappa shape index (κ2) is 5.07. The number of hydrogen-bond donors (Lipinski definition) is 1. The molecule has 1 aromatic heterocycles. The maximum atomic E-state index is 12.7. The van der Waals surface area contributed by atoms with E-state index >= 15 is 0 Å². The highest BCUT2D eigenvalue weighted by Gasteiger charge is 2.36. The van der Waals surface area contributed by atoms with Crippen molar-refractivity contribution < 1.29 is 13.2 Å². The largest absolute Gasteiger partial charge is 0.336 e. The average Bonchev–Trinajstić information content (AvgIpc) is 2.94. The van der Waals surface area contributed by atoms with Gasteiger partial charge in [-0.15, -0.1) is 11.3 Å². The lowest BCUT2D eigenvalue weighted by atomic mass is 10.2. The first-order chi connectivity index (χ1) is 11.1. The van der Waals surface area contributed by atoms with Crippen LogP contribution in [0.2, 0.25) is 0 Å². The highest BCUT2D eigenvalue weighted by molar-refractivity contribution is 7.90. The van der Waals surface area contributed by atoms with Crippen LogP contribution in [-0.2, 0) is 16.6 Å². The predicted octanol–water partition coefficient (Wildman–Crippen LogP) is 3.64. The summed E-state index contributed by atoms with van der Waals surface area (Å²) in [6, 6.07) is 15.5. The Morgan fingerprint density at radius 3 is 2.61 bits per heavy atom. The number of rotatable bonds is 2. The number of nitrogens with one attached hydrogen (secondary N) is 1. The van der Waals surface area contributed by atoms with Crippen molar-refractivity contribution in [2.75, 3.05) is 5.32 Å². The molecule has 0 radical (unpaired) electrons. The molecule has 0 fully saturated rings. The number of benzene rings is 2. The van der Waals surface area contributed by atoms with Crippen LogP contribution in [0, 0.1) is 0 Å². The summed E-state index contributed by atoms with van der Waals surface area (Å²) >= 11 is 1.49.